The lowest BCUT2D eigenvalue weighted by Gasteiger charge is -2.38. The molecule has 4 rings (SSSR count). The SMILES string of the molecule is COCCN1C(=O)c2ccccc2N[C@H]1c1ccc(OCc2ccc(C(=O)OC)o2)c(OC)c1. The Morgan fingerprint density at radius 1 is 1.06 bits per heavy atom. The van der Waals surface area contributed by atoms with Crippen LogP contribution in [-0.4, -0.2) is 51.3 Å². The summed E-state index contributed by atoms with van der Waals surface area (Å²) < 4.78 is 26.7. The summed E-state index contributed by atoms with van der Waals surface area (Å²) in [5.41, 5.74) is 2.21. The number of anilines is 1. The standard InChI is InChI=1S/C25H26N2O7/c1-30-13-12-27-23(26-19-7-5-4-6-18(19)24(27)28)16-8-10-20(22(14-16)31-2)33-15-17-9-11-21(34-17)25(29)32-3/h4-11,14,23,26H,12-13,15H2,1-3H3/t23-/m1/s1. The highest BCUT2D eigenvalue weighted by atomic mass is 16.5. The van der Waals surface area contributed by atoms with Crippen LogP contribution in [0, 0.1) is 0 Å². The number of ether oxygens (including phenoxy) is 4. The van der Waals surface area contributed by atoms with Crippen molar-refractivity contribution < 1.29 is 33.0 Å². The number of esters is 1. The van der Waals surface area contributed by atoms with Crippen molar-refractivity contribution in [3.8, 4) is 11.5 Å². The maximum Gasteiger partial charge on any atom is 0.373 e. The van der Waals surface area contributed by atoms with Crippen molar-refractivity contribution in [2.75, 3.05) is 39.8 Å². The van der Waals surface area contributed by atoms with Gasteiger partial charge in [0.05, 0.1) is 26.4 Å². The van der Waals surface area contributed by atoms with E-state index >= 15 is 0 Å². The molecule has 9 nitrogen and oxygen atoms in total. The Hall–Kier alpha value is -3.98. The molecule has 0 saturated heterocycles. The largest absolute Gasteiger partial charge is 0.493 e. The van der Waals surface area contributed by atoms with Crippen LogP contribution in [0.25, 0.3) is 0 Å². The molecule has 0 unspecified atom stereocenters. The third-order valence-electron chi connectivity index (χ3n) is 5.48. The highest BCUT2D eigenvalue weighted by Crippen LogP contribution is 2.37. The van der Waals surface area contributed by atoms with Gasteiger partial charge in [-0.15, -0.1) is 0 Å². The molecule has 1 N–H and O–H groups in total. The fourth-order valence-corrected chi connectivity index (χ4v) is 3.76. The van der Waals surface area contributed by atoms with Gasteiger partial charge in [0, 0.05) is 19.3 Å². The van der Waals surface area contributed by atoms with E-state index in [1.165, 1.54) is 13.2 Å². The molecule has 0 aliphatic carbocycles. The Bertz CT molecular complexity index is 1170. The second-order valence-corrected chi connectivity index (χ2v) is 7.54. The van der Waals surface area contributed by atoms with Crippen LogP contribution in [0.3, 0.4) is 0 Å². The van der Waals surface area contributed by atoms with Gasteiger partial charge < -0.3 is 33.6 Å². The predicted octanol–water partition coefficient (Wildman–Crippen LogP) is 3.87. The quantitative estimate of drug-likeness (QED) is 0.475. The normalized spacial score (nSPS) is 14.9. The smallest absolute Gasteiger partial charge is 0.373 e. The molecule has 0 bridgehead atoms. The number of benzene rings is 2. The van der Waals surface area contributed by atoms with E-state index in [0.717, 1.165) is 11.3 Å². The topological polar surface area (TPSA) is 99.5 Å². The summed E-state index contributed by atoms with van der Waals surface area (Å²) in [4.78, 5) is 26.5. The van der Waals surface area contributed by atoms with Crippen molar-refractivity contribution in [3.05, 3.63) is 77.2 Å². The van der Waals surface area contributed by atoms with Crippen LogP contribution in [0.2, 0.25) is 0 Å². The maximum absolute atomic E-state index is 13.2. The van der Waals surface area contributed by atoms with E-state index in [2.05, 4.69) is 10.1 Å². The van der Waals surface area contributed by atoms with Gasteiger partial charge in [0.15, 0.2) is 11.5 Å². The van der Waals surface area contributed by atoms with Crippen molar-refractivity contribution in [2.24, 2.45) is 0 Å². The number of methoxy groups -OCH3 is 3. The van der Waals surface area contributed by atoms with Crippen LogP contribution in [0.1, 0.15) is 38.4 Å². The first-order valence-electron chi connectivity index (χ1n) is 10.7. The van der Waals surface area contributed by atoms with E-state index in [9.17, 15) is 9.59 Å². The number of hydrogen-bond donors (Lipinski definition) is 1. The maximum atomic E-state index is 13.2. The van der Waals surface area contributed by atoms with Crippen LogP contribution < -0.4 is 14.8 Å². The fourth-order valence-electron chi connectivity index (χ4n) is 3.76. The van der Waals surface area contributed by atoms with E-state index in [-0.39, 0.29) is 18.3 Å². The number of rotatable bonds is 9. The molecule has 1 aliphatic rings. The van der Waals surface area contributed by atoms with E-state index in [1.807, 2.05) is 30.3 Å². The molecule has 1 amide bonds. The number of carbonyl (C=O) groups is 2. The Balaban J connectivity index is 1.56. The second-order valence-electron chi connectivity index (χ2n) is 7.54. The molecule has 1 aliphatic heterocycles. The third-order valence-corrected chi connectivity index (χ3v) is 5.48. The molecular weight excluding hydrogens is 440 g/mol. The molecule has 0 spiro atoms. The Morgan fingerprint density at radius 3 is 2.65 bits per heavy atom. The number of amides is 1. The van der Waals surface area contributed by atoms with Gasteiger partial charge in [-0.05, 0) is 42.0 Å². The summed E-state index contributed by atoms with van der Waals surface area (Å²) in [5.74, 6) is 0.934. The molecular formula is C25H26N2O7. The van der Waals surface area contributed by atoms with Crippen molar-refractivity contribution in [3.63, 3.8) is 0 Å². The first-order valence-corrected chi connectivity index (χ1v) is 10.7. The van der Waals surface area contributed by atoms with Crippen LogP contribution >= 0.6 is 0 Å². The molecule has 0 fully saturated rings. The monoisotopic (exact) mass is 466 g/mol. The van der Waals surface area contributed by atoms with Crippen molar-refractivity contribution >= 4 is 17.6 Å². The number of nitrogens with zero attached hydrogens (tertiary/aromatic N) is 1. The zero-order valence-corrected chi connectivity index (χ0v) is 19.2. The summed E-state index contributed by atoms with van der Waals surface area (Å²) in [5, 5.41) is 3.44. The van der Waals surface area contributed by atoms with Crippen LogP contribution in [0.5, 0.6) is 11.5 Å². The molecule has 1 aromatic heterocycles. The third kappa shape index (κ3) is 4.69. The second kappa shape index (κ2) is 10.3. The fraction of sp³-hybridized carbons (Fsp3) is 0.280. The zero-order valence-electron chi connectivity index (χ0n) is 19.2. The summed E-state index contributed by atoms with van der Waals surface area (Å²) in [6.45, 7) is 0.921. The first-order chi connectivity index (χ1) is 16.5. The summed E-state index contributed by atoms with van der Waals surface area (Å²) in [6.07, 6.45) is -0.409. The van der Waals surface area contributed by atoms with E-state index in [0.29, 0.717) is 36.0 Å². The van der Waals surface area contributed by atoms with Gasteiger partial charge in [-0.1, -0.05) is 18.2 Å². The Labute approximate surface area is 197 Å². The van der Waals surface area contributed by atoms with Gasteiger partial charge in [0.25, 0.3) is 5.91 Å². The van der Waals surface area contributed by atoms with Gasteiger partial charge in [0.2, 0.25) is 5.76 Å². The van der Waals surface area contributed by atoms with Crippen molar-refractivity contribution in [1.29, 1.82) is 0 Å². The molecule has 9 heteroatoms. The Kier molecular flexibility index (Phi) is 7.03. The lowest BCUT2D eigenvalue weighted by Crippen LogP contribution is -2.44. The van der Waals surface area contributed by atoms with Gasteiger partial charge >= 0.3 is 5.97 Å². The molecule has 178 valence electrons. The number of nitrogens with one attached hydrogen (secondary N) is 1. The summed E-state index contributed by atoms with van der Waals surface area (Å²) in [7, 11) is 4.44. The number of para-hydroxylation sites is 1. The molecule has 0 radical (unpaired) electrons. The predicted molar refractivity (Wildman–Crippen MR) is 123 cm³/mol. The summed E-state index contributed by atoms with van der Waals surface area (Å²) in [6, 6.07) is 16.1. The zero-order chi connectivity index (χ0) is 24.1. The molecule has 3 aromatic rings. The molecule has 2 heterocycles. The number of furan rings is 1. The number of carbonyl (C=O) groups excluding carboxylic acids is 2. The van der Waals surface area contributed by atoms with E-state index in [1.54, 1.807) is 37.3 Å². The lowest BCUT2D eigenvalue weighted by atomic mass is 10.0. The summed E-state index contributed by atoms with van der Waals surface area (Å²) >= 11 is 0. The van der Waals surface area contributed by atoms with Gasteiger partial charge in [-0.2, -0.15) is 0 Å². The van der Waals surface area contributed by atoms with Gasteiger partial charge in [0.1, 0.15) is 18.5 Å². The van der Waals surface area contributed by atoms with Gasteiger partial charge in [-0.3, -0.25) is 4.79 Å². The Morgan fingerprint density at radius 2 is 1.88 bits per heavy atom. The van der Waals surface area contributed by atoms with Crippen molar-refractivity contribution in [2.45, 2.75) is 12.8 Å². The van der Waals surface area contributed by atoms with E-state index in [4.69, 9.17) is 18.6 Å². The van der Waals surface area contributed by atoms with Gasteiger partial charge in [-0.25, -0.2) is 4.79 Å². The highest BCUT2D eigenvalue weighted by molar-refractivity contribution is 6.01. The minimum absolute atomic E-state index is 0.0741. The number of fused-ring (bicyclic) bond motifs is 1. The highest BCUT2D eigenvalue weighted by Gasteiger charge is 2.33. The first kappa shape index (κ1) is 23.2. The van der Waals surface area contributed by atoms with Crippen LogP contribution in [0.15, 0.2) is 59.0 Å². The average molecular weight is 466 g/mol. The average Bonchev–Trinajstić information content (AvgIpc) is 3.35. The minimum atomic E-state index is -0.553. The molecule has 2 aromatic carbocycles. The molecule has 1 atom stereocenters. The minimum Gasteiger partial charge on any atom is -0.493 e. The molecule has 0 saturated carbocycles. The van der Waals surface area contributed by atoms with Crippen LogP contribution in [-0.2, 0) is 16.1 Å². The number of hydrogen-bond acceptors (Lipinski definition) is 8. The lowest BCUT2D eigenvalue weighted by molar-refractivity contribution is 0.0560. The van der Waals surface area contributed by atoms with Crippen LogP contribution in [0.4, 0.5) is 5.69 Å². The van der Waals surface area contributed by atoms with E-state index < -0.39 is 12.1 Å². The molecule has 34 heavy (non-hydrogen) atoms. The van der Waals surface area contributed by atoms with Crippen molar-refractivity contribution in [1.82, 2.24) is 4.90 Å².